The van der Waals surface area contributed by atoms with E-state index < -0.39 is 0 Å². The van der Waals surface area contributed by atoms with Gasteiger partial charge in [-0.1, -0.05) is 30.4 Å². The molecule has 0 radical (unpaired) electrons. The van der Waals surface area contributed by atoms with Gasteiger partial charge in [0, 0.05) is 0 Å². The van der Waals surface area contributed by atoms with Crippen LogP contribution in [0.1, 0.15) is 33.1 Å². The van der Waals surface area contributed by atoms with Crippen LogP contribution in [0.3, 0.4) is 0 Å². The summed E-state index contributed by atoms with van der Waals surface area (Å²) in [5.41, 5.74) is 0. The van der Waals surface area contributed by atoms with E-state index in [-0.39, 0.29) is 0 Å². The summed E-state index contributed by atoms with van der Waals surface area (Å²) in [6, 6.07) is 0. The van der Waals surface area contributed by atoms with Gasteiger partial charge in [0.2, 0.25) is 0 Å². The highest BCUT2D eigenvalue weighted by Gasteiger charge is 1.98. The molecule has 1 atom stereocenters. The van der Waals surface area contributed by atoms with Crippen molar-refractivity contribution in [3.63, 3.8) is 0 Å². The molecule has 0 aliphatic rings. The van der Waals surface area contributed by atoms with Crippen LogP contribution in [0.15, 0.2) is 37.0 Å². The molecule has 0 saturated heterocycles. The van der Waals surface area contributed by atoms with Crippen LogP contribution in [0, 0.1) is 5.92 Å². The zero-order valence-electron chi connectivity index (χ0n) is 8.29. The van der Waals surface area contributed by atoms with Gasteiger partial charge in [0.25, 0.3) is 0 Å². The van der Waals surface area contributed by atoms with Crippen LogP contribution in [-0.2, 0) is 0 Å². The largest absolute Gasteiger partial charge is 0.103 e. The van der Waals surface area contributed by atoms with Gasteiger partial charge in [0.1, 0.15) is 0 Å². The summed E-state index contributed by atoms with van der Waals surface area (Å²) in [5.74, 6) is 0.650. The van der Waals surface area contributed by atoms with Crippen molar-refractivity contribution in [2.75, 3.05) is 0 Å². The topological polar surface area (TPSA) is 0 Å². The number of allylic oxidation sites excluding steroid dienone is 5. The van der Waals surface area contributed by atoms with E-state index in [9.17, 15) is 0 Å². The average molecular weight is 164 g/mol. The Morgan fingerprint density at radius 2 is 1.83 bits per heavy atom. The summed E-state index contributed by atoms with van der Waals surface area (Å²) >= 11 is 0. The molecule has 0 aliphatic carbocycles. The molecular weight excluding hydrogens is 144 g/mol. The summed E-state index contributed by atoms with van der Waals surface area (Å²) in [7, 11) is 0. The Kier molecular flexibility index (Phi) is 7.78. The lowest BCUT2D eigenvalue weighted by molar-refractivity contribution is 0.607. The lowest BCUT2D eigenvalue weighted by Gasteiger charge is -2.06. The maximum Gasteiger partial charge on any atom is -0.0199 e. The molecular formula is C12H20. The molecule has 68 valence electrons. The summed E-state index contributed by atoms with van der Waals surface area (Å²) in [6.45, 7) is 7.96. The first-order valence-corrected chi connectivity index (χ1v) is 4.70. The first-order chi connectivity index (χ1) is 5.85. The maximum atomic E-state index is 3.83. The van der Waals surface area contributed by atoms with Crippen LogP contribution in [0.4, 0.5) is 0 Å². The minimum Gasteiger partial charge on any atom is -0.103 e. The van der Waals surface area contributed by atoms with Gasteiger partial charge in [-0.25, -0.2) is 0 Å². The summed E-state index contributed by atoms with van der Waals surface area (Å²) in [5, 5.41) is 0. The average Bonchev–Trinajstić information content (AvgIpc) is 2.11. The van der Waals surface area contributed by atoms with Gasteiger partial charge in [0.15, 0.2) is 0 Å². The highest BCUT2D eigenvalue weighted by Crippen LogP contribution is 2.13. The van der Waals surface area contributed by atoms with Crippen molar-refractivity contribution >= 4 is 0 Å². The van der Waals surface area contributed by atoms with Crippen LogP contribution in [0.25, 0.3) is 0 Å². The summed E-state index contributed by atoms with van der Waals surface area (Å²) in [6.07, 6.45) is 14.2. The molecule has 0 N–H and O–H groups in total. The highest BCUT2D eigenvalue weighted by atomic mass is 14.0. The Morgan fingerprint density at radius 1 is 1.17 bits per heavy atom. The van der Waals surface area contributed by atoms with Crippen LogP contribution >= 0.6 is 0 Å². The van der Waals surface area contributed by atoms with E-state index in [4.69, 9.17) is 0 Å². The zero-order valence-corrected chi connectivity index (χ0v) is 8.29. The quantitative estimate of drug-likeness (QED) is 0.518. The molecule has 0 aliphatic heterocycles. The standard InChI is InChI=1S/C12H20/c1-4-7-9-11-12(6-3)10-8-5-2/h4-8,12H,3,9-11H2,1-2H3/b7-4+,8-5-. The third kappa shape index (κ3) is 5.96. The molecule has 0 heteroatoms. The van der Waals surface area contributed by atoms with E-state index in [1.165, 1.54) is 12.8 Å². The minimum absolute atomic E-state index is 0.650. The lowest BCUT2D eigenvalue weighted by Crippen LogP contribution is -1.92. The minimum atomic E-state index is 0.650. The fourth-order valence-electron chi connectivity index (χ4n) is 1.12. The molecule has 0 bridgehead atoms. The summed E-state index contributed by atoms with van der Waals surface area (Å²) < 4.78 is 0. The fourth-order valence-corrected chi connectivity index (χ4v) is 1.12. The zero-order chi connectivity index (χ0) is 9.23. The van der Waals surface area contributed by atoms with E-state index in [1.807, 2.05) is 0 Å². The fraction of sp³-hybridized carbons (Fsp3) is 0.500. The molecule has 0 aromatic rings. The first kappa shape index (κ1) is 11.2. The Morgan fingerprint density at radius 3 is 2.33 bits per heavy atom. The van der Waals surface area contributed by atoms with Crippen molar-refractivity contribution in [2.45, 2.75) is 33.1 Å². The van der Waals surface area contributed by atoms with Crippen LogP contribution in [0.2, 0.25) is 0 Å². The van der Waals surface area contributed by atoms with Crippen LogP contribution in [0.5, 0.6) is 0 Å². The van der Waals surface area contributed by atoms with Crippen LogP contribution in [-0.4, -0.2) is 0 Å². The highest BCUT2D eigenvalue weighted by molar-refractivity contribution is 4.90. The first-order valence-electron chi connectivity index (χ1n) is 4.70. The monoisotopic (exact) mass is 164 g/mol. The number of hydrogen-bond acceptors (Lipinski definition) is 0. The molecule has 0 aromatic carbocycles. The number of hydrogen-bond donors (Lipinski definition) is 0. The maximum absolute atomic E-state index is 3.83. The van der Waals surface area contributed by atoms with Crippen molar-refractivity contribution in [3.8, 4) is 0 Å². The van der Waals surface area contributed by atoms with Gasteiger partial charge in [-0.15, -0.1) is 6.58 Å². The van der Waals surface area contributed by atoms with Crippen molar-refractivity contribution in [1.29, 1.82) is 0 Å². The molecule has 0 rings (SSSR count). The lowest BCUT2D eigenvalue weighted by atomic mass is 9.99. The van der Waals surface area contributed by atoms with Crippen molar-refractivity contribution < 1.29 is 0 Å². The Bertz CT molecular complexity index is 151. The van der Waals surface area contributed by atoms with E-state index in [0.717, 1.165) is 6.42 Å². The molecule has 0 heterocycles. The van der Waals surface area contributed by atoms with E-state index in [1.54, 1.807) is 0 Å². The molecule has 0 spiro atoms. The third-order valence-electron chi connectivity index (χ3n) is 1.95. The van der Waals surface area contributed by atoms with Gasteiger partial charge in [0.05, 0.1) is 0 Å². The van der Waals surface area contributed by atoms with Gasteiger partial charge >= 0.3 is 0 Å². The second-order valence-corrected chi connectivity index (χ2v) is 2.95. The third-order valence-corrected chi connectivity index (χ3v) is 1.95. The summed E-state index contributed by atoms with van der Waals surface area (Å²) in [4.78, 5) is 0. The molecule has 0 nitrogen and oxygen atoms in total. The predicted octanol–water partition coefficient (Wildman–Crippen LogP) is 4.11. The second kappa shape index (κ2) is 8.32. The van der Waals surface area contributed by atoms with Gasteiger partial charge in [-0.3, -0.25) is 0 Å². The Labute approximate surface area is 76.7 Å². The SMILES string of the molecule is C=CC(C/C=C\C)CC/C=C/C. The van der Waals surface area contributed by atoms with Gasteiger partial charge in [-0.05, 0) is 39.0 Å². The predicted molar refractivity (Wildman–Crippen MR) is 57.2 cm³/mol. The normalized spacial score (nSPS) is 14.2. The van der Waals surface area contributed by atoms with Crippen molar-refractivity contribution in [3.05, 3.63) is 37.0 Å². The van der Waals surface area contributed by atoms with E-state index in [2.05, 4.69) is 50.8 Å². The smallest absolute Gasteiger partial charge is 0.0199 e. The van der Waals surface area contributed by atoms with Gasteiger partial charge < -0.3 is 0 Å². The van der Waals surface area contributed by atoms with Gasteiger partial charge in [-0.2, -0.15) is 0 Å². The molecule has 12 heavy (non-hydrogen) atoms. The Balaban J connectivity index is 3.59. The van der Waals surface area contributed by atoms with E-state index >= 15 is 0 Å². The van der Waals surface area contributed by atoms with Crippen molar-refractivity contribution in [2.24, 2.45) is 5.92 Å². The molecule has 0 saturated carbocycles. The second-order valence-electron chi connectivity index (χ2n) is 2.95. The van der Waals surface area contributed by atoms with E-state index in [0.29, 0.717) is 5.92 Å². The Hall–Kier alpha value is -0.780. The molecule has 0 aromatic heterocycles. The molecule has 0 fully saturated rings. The molecule has 0 amide bonds. The molecule has 1 unspecified atom stereocenters. The van der Waals surface area contributed by atoms with Crippen molar-refractivity contribution in [1.82, 2.24) is 0 Å². The number of rotatable bonds is 6. The van der Waals surface area contributed by atoms with Crippen LogP contribution < -0.4 is 0 Å².